The van der Waals surface area contributed by atoms with Crippen molar-refractivity contribution in [3.05, 3.63) is 74.9 Å². The minimum atomic E-state index is -2.27. The average molecular weight is 1170 g/mol. The number of morpholine rings is 1. The van der Waals surface area contributed by atoms with E-state index in [1.54, 1.807) is 39.8 Å². The number of carboxylic acid groups (broad SMARTS) is 1. The van der Waals surface area contributed by atoms with Gasteiger partial charge in [0.25, 0.3) is 17.7 Å². The molecule has 6 amide bonds. The molecule has 0 bridgehead atoms. The van der Waals surface area contributed by atoms with E-state index in [-0.39, 0.29) is 72.5 Å². The number of amides is 6. The topological polar surface area (TPSA) is 383 Å². The fourth-order valence-electron chi connectivity index (χ4n) is 12.0. The highest BCUT2D eigenvalue weighted by Crippen LogP contribution is 2.48. The number of aliphatic carboxylic acids is 1. The molecular weight excluding hydrogens is 1100 g/mol. The fourth-order valence-corrected chi connectivity index (χ4v) is 12.0. The summed E-state index contributed by atoms with van der Waals surface area (Å²) in [5.74, 6) is -8.46. The molecule has 4 saturated heterocycles. The van der Waals surface area contributed by atoms with Gasteiger partial charge in [0.2, 0.25) is 17.7 Å². The van der Waals surface area contributed by atoms with Crippen molar-refractivity contribution in [1.82, 2.24) is 31.1 Å². The molecular formula is C55H68N6O22. The molecule has 7 aliphatic rings. The Hall–Kier alpha value is -6.67. The summed E-state index contributed by atoms with van der Waals surface area (Å²) in [5.41, 5.74) is -0.237. The molecule has 450 valence electrons. The number of nitrogens with one attached hydrogen (secondary N) is 4. The van der Waals surface area contributed by atoms with E-state index < -0.39 is 151 Å². The quantitative estimate of drug-likeness (QED) is 0.0428. The first-order chi connectivity index (χ1) is 39.4. The standard InChI is InChI=1S/C55H68N6O22/c1-22(2)40(59-32(62)20-61-33(63)11-12-34(61)64)49(71)58-28(21-79-52-45(69)43(67)44(68)47(83-52)51(72)73)48(70)56-13-14-57-54(74)55(75)18-27-23(3)37-38(42(66)39-26(41(37)65)9-8-10-30(39)76-6)24(4)36(27)31(19-55)81-35-17-29-46(25(5)80-35)82-50-53(77-7)78-16-15-60(29)50/h8-12,22,25,28-29,31,35,40,43-47,50,52-53,67-69,75H,13-21H2,1-7H3,(H,56,70)(H,57,74)(H,58,71)(H,59,62)(H,72,73)/t25-,28-,29-,31-,35-,40-,43-,44-,45+,46+,47-,50+,52+,53-,55-/m0/s1. The number of carboxylic acids is 1. The van der Waals surface area contributed by atoms with Crippen LogP contribution in [0, 0.1) is 19.8 Å². The summed E-state index contributed by atoms with van der Waals surface area (Å²) in [7, 11) is 2.92. The maximum atomic E-state index is 14.6. The number of imide groups is 1. The summed E-state index contributed by atoms with van der Waals surface area (Å²) in [6.45, 7) is 6.77. The number of carbonyl (C=O) groups excluding carboxylic acids is 8. The van der Waals surface area contributed by atoms with E-state index in [0.29, 0.717) is 40.3 Å². The first-order valence-electron chi connectivity index (χ1n) is 27.1. The molecule has 9 N–H and O–H groups in total. The van der Waals surface area contributed by atoms with Crippen molar-refractivity contribution in [2.75, 3.05) is 53.6 Å². The summed E-state index contributed by atoms with van der Waals surface area (Å²) in [6, 6.07) is 1.33. The molecule has 15 atom stereocenters. The van der Waals surface area contributed by atoms with Gasteiger partial charge in [-0.25, -0.2) is 4.79 Å². The largest absolute Gasteiger partial charge is 0.496 e. The smallest absolute Gasteiger partial charge is 0.335 e. The molecule has 0 unspecified atom stereocenters. The molecule has 0 saturated carbocycles. The molecule has 4 fully saturated rings. The minimum Gasteiger partial charge on any atom is -0.496 e. The van der Waals surface area contributed by atoms with Crippen LogP contribution in [0.4, 0.5) is 0 Å². The van der Waals surface area contributed by atoms with Crippen LogP contribution in [-0.4, -0.2) is 227 Å². The number of hydrogen-bond donors (Lipinski definition) is 9. The van der Waals surface area contributed by atoms with Gasteiger partial charge < -0.3 is 84.7 Å². The fraction of sp³-hybridized carbons (Fsp3) is 0.582. The second-order valence-corrected chi connectivity index (χ2v) is 21.8. The Labute approximate surface area is 475 Å². The van der Waals surface area contributed by atoms with Crippen molar-refractivity contribution in [2.24, 2.45) is 5.92 Å². The molecule has 2 aromatic rings. The van der Waals surface area contributed by atoms with E-state index in [4.69, 9.17) is 37.9 Å². The van der Waals surface area contributed by atoms with Crippen LogP contribution in [0.15, 0.2) is 30.4 Å². The van der Waals surface area contributed by atoms with Gasteiger partial charge in [-0.05, 0) is 55.0 Å². The summed E-state index contributed by atoms with van der Waals surface area (Å²) >= 11 is 0. The van der Waals surface area contributed by atoms with E-state index in [1.807, 2.05) is 6.92 Å². The highest BCUT2D eigenvalue weighted by molar-refractivity contribution is 6.30. The van der Waals surface area contributed by atoms with E-state index in [2.05, 4.69) is 26.2 Å². The molecule has 5 heterocycles. The van der Waals surface area contributed by atoms with Crippen LogP contribution in [0.5, 0.6) is 5.75 Å². The number of aliphatic hydroxyl groups is 4. The third-order valence-electron chi connectivity index (χ3n) is 16.2. The van der Waals surface area contributed by atoms with Crippen molar-refractivity contribution >= 4 is 53.0 Å². The van der Waals surface area contributed by atoms with E-state index in [1.165, 1.54) is 20.3 Å². The Morgan fingerprint density at radius 1 is 0.843 bits per heavy atom. The van der Waals surface area contributed by atoms with Gasteiger partial charge in [-0.3, -0.25) is 48.2 Å². The predicted octanol–water partition coefficient (Wildman–Crippen LogP) is -2.95. The lowest BCUT2D eigenvalue weighted by Crippen LogP contribution is -2.62. The summed E-state index contributed by atoms with van der Waals surface area (Å²) in [4.78, 5) is 123. The number of aliphatic hydroxyl groups excluding tert-OH is 3. The summed E-state index contributed by atoms with van der Waals surface area (Å²) in [6.07, 6.45) is -13.0. The third-order valence-corrected chi connectivity index (χ3v) is 16.2. The molecule has 9 rings (SSSR count). The zero-order chi connectivity index (χ0) is 60.1. The summed E-state index contributed by atoms with van der Waals surface area (Å²) < 4.78 is 47.4. The maximum absolute atomic E-state index is 14.6. The molecule has 28 nitrogen and oxygen atoms in total. The van der Waals surface area contributed by atoms with Crippen LogP contribution in [-0.2, 0) is 73.1 Å². The normalized spacial score (nSPS) is 30.8. The third kappa shape index (κ3) is 11.7. The monoisotopic (exact) mass is 1160 g/mol. The lowest BCUT2D eigenvalue weighted by Gasteiger charge is -2.44. The number of benzene rings is 2. The van der Waals surface area contributed by atoms with Crippen LogP contribution in [0.3, 0.4) is 0 Å². The van der Waals surface area contributed by atoms with Gasteiger partial charge in [0.05, 0.1) is 38.1 Å². The van der Waals surface area contributed by atoms with Gasteiger partial charge in [-0.1, -0.05) is 26.0 Å². The number of carbonyl (C=O) groups is 9. The van der Waals surface area contributed by atoms with Gasteiger partial charge in [0.1, 0.15) is 54.4 Å². The number of rotatable bonds is 19. The number of ketones is 2. The first-order valence-corrected chi connectivity index (χ1v) is 27.1. The van der Waals surface area contributed by atoms with Gasteiger partial charge >= 0.3 is 5.97 Å². The molecule has 0 aromatic heterocycles. The van der Waals surface area contributed by atoms with Gasteiger partial charge in [-0.2, -0.15) is 0 Å². The molecule has 5 aliphatic heterocycles. The van der Waals surface area contributed by atoms with Crippen LogP contribution in [0.2, 0.25) is 0 Å². The van der Waals surface area contributed by atoms with Gasteiger partial charge in [0.15, 0.2) is 42.8 Å². The van der Waals surface area contributed by atoms with E-state index in [0.717, 1.165) is 12.2 Å². The molecule has 2 aliphatic carbocycles. The number of fused-ring (bicyclic) bond motifs is 6. The van der Waals surface area contributed by atoms with Crippen molar-refractivity contribution in [2.45, 2.75) is 145 Å². The number of methoxy groups -OCH3 is 2. The zero-order valence-electron chi connectivity index (χ0n) is 46.5. The van der Waals surface area contributed by atoms with Crippen LogP contribution in [0.25, 0.3) is 0 Å². The predicted molar refractivity (Wildman–Crippen MR) is 279 cm³/mol. The lowest BCUT2D eigenvalue weighted by molar-refractivity contribution is -0.294. The SMILES string of the molecule is COc1cccc2c1C(=O)c1c(C)c3c(c(C)c1C2=O)C[C@@](O)(C(=O)NCCNC(=O)[C@H](CO[C@@H]1O[C@H](C(=O)O)[C@@H](O)[C@H](O)[C@H]1O)NC(=O)[C@@H](NC(=O)CN1C(=O)C=CC1=O)C(C)C)C[C@@H]3O[C@H]1C[C@H]2[C@H](O[C@@H]3[C@@H](OC)OCCN32)[C@H](C)O1. The molecule has 83 heavy (non-hydrogen) atoms. The molecule has 0 radical (unpaired) electrons. The maximum Gasteiger partial charge on any atom is 0.335 e. The van der Waals surface area contributed by atoms with Crippen molar-refractivity contribution in [3.8, 4) is 5.75 Å². The highest BCUT2D eigenvalue weighted by Gasteiger charge is 2.55. The van der Waals surface area contributed by atoms with Crippen LogP contribution in [0.1, 0.15) is 93.8 Å². The summed E-state index contributed by atoms with van der Waals surface area (Å²) in [5, 5.41) is 63.5. The zero-order valence-corrected chi connectivity index (χ0v) is 46.5. The Balaban J connectivity index is 0.939. The number of nitrogens with zero attached hydrogens (tertiary/aromatic N) is 2. The molecule has 0 spiro atoms. The second kappa shape index (κ2) is 24.5. The Bertz CT molecular complexity index is 2970. The second-order valence-electron chi connectivity index (χ2n) is 21.8. The van der Waals surface area contributed by atoms with Gasteiger partial charge in [0, 0.05) is 80.9 Å². The first kappa shape index (κ1) is 60.9. The Kier molecular flexibility index (Phi) is 18.0. The minimum absolute atomic E-state index is 0.0954. The highest BCUT2D eigenvalue weighted by atomic mass is 16.7. The Morgan fingerprint density at radius 2 is 1.54 bits per heavy atom. The molecule has 2 aromatic carbocycles. The van der Waals surface area contributed by atoms with Crippen LogP contribution < -0.4 is 26.0 Å². The number of ether oxygens (including phenoxy) is 8. The van der Waals surface area contributed by atoms with E-state index >= 15 is 0 Å². The Morgan fingerprint density at radius 3 is 2.22 bits per heavy atom. The van der Waals surface area contributed by atoms with Crippen molar-refractivity contribution < 1.29 is 107 Å². The average Bonchev–Trinajstić information content (AvgIpc) is 1.71. The van der Waals surface area contributed by atoms with Gasteiger partial charge in [-0.15, -0.1) is 0 Å². The van der Waals surface area contributed by atoms with Crippen molar-refractivity contribution in [1.29, 1.82) is 0 Å². The molecule has 28 heteroatoms. The van der Waals surface area contributed by atoms with E-state index in [9.17, 15) is 68.7 Å². The van der Waals surface area contributed by atoms with Crippen LogP contribution >= 0.6 is 0 Å². The van der Waals surface area contributed by atoms with Crippen molar-refractivity contribution in [3.63, 3.8) is 0 Å². The number of hydrogen-bond acceptors (Lipinski definition) is 22. The lowest BCUT2D eigenvalue weighted by atomic mass is 9.69.